The van der Waals surface area contributed by atoms with Gasteiger partial charge in [0.1, 0.15) is 0 Å². The molecule has 0 unspecified atom stereocenters. The maximum absolute atomic E-state index is 11.8. The summed E-state index contributed by atoms with van der Waals surface area (Å²) in [6.07, 6.45) is 1.89. The van der Waals surface area contributed by atoms with Gasteiger partial charge in [0.25, 0.3) is 0 Å². The number of nitrogens with one attached hydrogen (secondary N) is 1. The molecule has 1 aliphatic heterocycles. The highest BCUT2D eigenvalue weighted by atomic mass is 16.2. The molecule has 1 aromatic rings. The van der Waals surface area contributed by atoms with E-state index in [4.69, 9.17) is 5.26 Å². The van der Waals surface area contributed by atoms with Crippen LogP contribution < -0.4 is 5.32 Å². The Morgan fingerprint density at radius 1 is 1.30 bits per heavy atom. The van der Waals surface area contributed by atoms with Crippen LogP contribution in [0.4, 0.5) is 10.5 Å². The van der Waals surface area contributed by atoms with Gasteiger partial charge >= 0.3 is 6.03 Å². The SMILES string of the molecule is CN(C)C(=O)N1CCC(Nc2ccc(C#N)cc2)CC1. The first kappa shape index (κ1) is 14.2. The zero-order valence-corrected chi connectivity index (χ0v) is 12.0. The minimum absolute atomic E-state index is 0.0850. The number of hydrogen-bond acceptors (Lipinski definition) is 3. The maximum atomic E-state index is 11.8. The number of nitrogens with zero attached hydrogens (tertiary/aromatic N) is 3. The number of anilines is 1. The van der Waals surface area contributed by atoms with E-state index in [-0.39, 0.29) is 6.03 Å². The van der Waals surface area contributed by atoms with Gasteiger partial charge in [0.15, 0.2) is 0 Å². The first-order chi connectivity index (χ1) is 9.60. The van der Waals surface area contributed by atoms with E-state index in [0.717, 1.165) is 31.6 Å². The second kappa shape index (κ2) is 6.29. The van der Waals surface area contributed by atoms with E-state index >= 15 is 0 Å². The molecule has 5 nitrogen and oxygen atoms in total. The quantitative estimate of drug-likeness (QED) is 0.897. The lowest BCUT2D eigenvalue weighted by atomic mass is 10.0. The molecule has 1 aromatic carbocycles. The van der Waals surface area contributed by atoms with Crippen LogP contribution in [0.5, 0.6) is 0 Å². The zero-order valence-electron chi connectivity index (χ0n) is 12.0. The summed E-state index contributed by atoms with van der Waals surface area (Å²) in [5, 5.41) is 12.2. The van der Waals surface area contributed by atoms with Crippen molar-refractivity contribution in [3.63, 3.8) is 0 Å². The maximum Gasteiger partial charge on any atom is 0.319 e. The number of hydrogen-bond donors (Lipinski definition) is 1. The van der Waals surface area contributed by atoms with Gasteiger partial charge in [-0.1, -0.05) is 0 Å². The van der Waals surface area contributed by atoms with E-state index in [1.807, 2.05) is 29.2 Å². The Labute approximate surface area is 119 Å². The summed E-state index contributed by atoms with van der Waals surface area (Å²) in [7, 11) is 3.56. The van der Waals surface area contributed by atoms with E-state index in [1.54, 1.807) is 19.0 Å². The smallest absolute Gasteiger partial charge is 0.319 e. The average molecular weight is 272 g/mol. The van der Waals surface area contributed by atoms with Gasteiger partial charge in [0.05, 0.1) is 11.6 Å². The highest BCUT2D eigenvalue weighted by Crippen LogP contribution is 2.17. The molecule has 0 atom stereocenters. The van der Waals surface area contributed by atoms with E-state index in [2.05, 4.69) is 11.4 Å². The largest absolute Gasteiger partial charge is 0.382 e. The van der Waals surface area contributed by atoms with Crippen molar-refractivity contribution in [1.29, 1.82) is 5.26 Å². The van der Waals surface area contributed by atoms with Gasteiger partial charge in [-0.3, -0.25) is 0 Å². The first-order valence-electron chi connectivity index (χ1n) is 6.83. The summed E-state index contributed by atoms with van der Waals surface area (Å²) in [5.74, 6) is 0. The molecule has 0 aromatic heterocycles. The number of carbonyl (C=O) groups excluding carboxylic acids is 1. The van der Waals surface area contributed by atoms with Crippen LogP contribution in [0, 0.1) is 11.3 Å². The number of carbonyl (C=O) groups is 1. The minimum atomic E-state index is 0.0850. The molecule has 2 amide bonds. The Morgan fingerprint density at radius 3 is 2.40 bits per heavy atom. The molecule has 1 N–H and O–H groups in total. The number of amides is 2. The number of rotatable bonds is 2. The minimum Gasteiger partial charge on any atom is -0.382 e. The second-order valence-electron chi connectivity index (χ2n) is 5.27. The van der Waals surface area contributed by atoms with Gasteiger partial charge in [-0.15, -0.1) is 0 Å². The number of nitriles is 1. The molecule has 1 heterocycles. The second-order valence-corrected chi connectivity index (χ2v) is 5.27. The molecule has 20 heavy (non-hydrogen) atoms. The van der Waals surface area contributed by atoms with Crippen LogP contribution in [-0.2, 0) is 0 Å². The molecule has 106 valence electrons. The summed E-state index contributed by atoms with van der Waals surface area (Å²) in [5.41, 5.74) is 1.70. The third-order valence-corrected chi connectivity index (χ3v) is 3.53. The molecule has 0 radical (unpaired) electrons. The van der Waals surface area contributed by atoms with E-state index in [1.165, 1.54) is 0 Å². The predicted octanol–water partition coefficient (Wildman–Crippen LogP) is 2.12. The summed E-state index contributed by atoms with van der Waals surface area (Å²) < 4.78 is 0. The van der Waals surface area contributed by atoms with Crippen LogP contribution >= 0.6 is 0 Å². The van der Waals surface area contributed by atoms with Crippen molar-refractivity contribution in [2.24, 2.45) is 0 Å². The number of likely N-dealkylation sites (tertiary alicyclic amines) is 1. The monoisotopic (exact) mass is 272 g/mol. The van der Waals surface area contributed by atoms with Crippen molar-refractivity contribution in [1.82, 2.24) is 9.80 Å². The normalized spacial score (nSPS) is 15.6. The lowest BCUT2D eigenvalue weighted by Crippen LogP contribution is -2.46. The molecular weight excluding hydrogens is 252 g/mol. The molecule has 0 bridgehead atoms. The lowest BCUT2D eigenvalue weighted by Gasteiger charge is -2.34. The van der Waals surface area contributed by atoms with Crippen molar-refractivity contribution < 1.29 is 4.79 Å². The number of piperidine rings is 1. The van der Waals surface area contributed by atoms with Crippen molar-refractivity contribution in [3.05, 3.63) is 29.8 Å². The summed E-state index contributed by atoms with van der Waals surface area (Å²) in [4.78, 5) is 15.3. The van der Waals surface area contributed by atoms with E-state index in [9.17, 15) is 4.79 Å². The summed E-state index contributed by atoms with van der Waals surface area (Å²) in [6, 6.07) is 10.1. The van der Waals surface area contributed by atoms with Crippen LogP contribution in [0.25, 0.3) is 0 Å². The van der Waals surface area contributed by atoms with Crippen molar-refractivity contribution in [2.75, 3.05) is 32.5 Å². The summed E-state index contributed by atoms with van der Waals surface area (Å²) in [6.45, 7) is 1.57. The summed E-state index contributed by atoms with van der Waals surface area (Å²) >= 11 is 0. The molecule has 1 saturated heterocycles. The van der Waals surface area contributed by atoms with Crippen LogP contribution in [0.1, 0.15) is 18.4 Å². The van der Waals surface area contributed by atoms with Crippen LogP contribution in [0.15, 0.2) is 24.3 Å². The van der Waals surface area contributed by atoms with Crippen LogP contribution in [-0.4, -0.2) is 49.1 Å². The Morgan fingerprint density at radius 2 is 1.90 bits per heavy atom. The third-order valence-electron chi connectivity index (χ3n) is 3.53. The van der Waals surface area contributed by atoms with Crippen LogP contribution in [0.2, 0.25) is 0 Å². The lowest BCUT2D eigenvalue weighted by molar-refractivity contribution is 0.158. The van der Waals surface area contributed by atoms with Crippen molar-refractivity contribution in [2.45, 2.75) is 18.9 Å². The third kappa shape index (κ3) is 3.41. The van der Waals surface area contributed by atoms with Gasteiger partial charge in [0.2, 0.25) is 0 Å². The Kier molecular flexibility index (Phi) is 4.46. The van der Waals surface area contributed by atoms with Crippen LogP contribution in [0.3, 0.4) is 0 Å². The zero-order chi connectivity index (χ0) is 14.5. The van der Waals surface area contributed by atoms with Crippen molar-refractivity contribution >= 4 is 11.7 Å². The molecule has 0 aliphatic carbocycles. The van der Waals surface area contributed by atoms with Gasteiger partial charge in [0, 0.05) is 38.9 Å². The fourth-order valence-electron chi connectivity index (χ4n) is 2.37. The first-order valence-corrected chi connectivity index (χ1v) is 6.83. The number of benzene rings is 1. The average Bonchev–Trinajstić information content (AvgIpc) is 2.48. The van der Waals surface area contributed by atoms with Gasteiger partial charge in [-0.05, 0) is 37.1 Å². The predicted molar refractivity (Wildman–Crippen MR) is 78.5 cm³/mol. The molecule has 0 saturated carbocycles. The fourth-order valence-corrected chi connectivity index (χ4v) is 2.37. The molecule has 1 aliphatic rings. The van der Waals surface area contributed by atoms with E-state index < -0.39 is 0 Å². The van der Waals surface area contributed by atoms with E-state index in [0.29, 0.717) is 11.6 Å². The highest BCUT2D eigenvalue weighted by molar-refractivity contribution is 5.73. The fraction of sp³-hybridized carbons (Fsp3) is 0.467. The standard InChI is InChI=1S/C15H20N4O/c1-18(2)15(20)19-9-7-14(8-10-19)17-13-5-3-12(11-16)4-6-13/h3-6,14,17H,7-10H2,1-2H3. The highest BCUT2D eigenvalue weighted by Gasteiger charge is 2.23. The van der Waals surface area contributed by atoms with Crippen molar-refractivity contribution in [3.8, 4) is 6.07 Å². The Hall–Kier alpha value is -2.22. The van der Waals surface area contributed by atoms with Gasteiger partial charge < -0.3 is 15.1 Å². The molecular formula is C15H20N4O. The topological polar surface area (TPSA) is 59.4 Å². The molecule has 2 rings (SSSR count). The molecule has 5 heteroatoms. The molecule has 1 fully saturated rings. The van der Waals surface area contributed by atoms with Gasteiger partial charge in [-0.2, -0.15) is 5.26 Å². The Balaban J connectivity index is 1.85. The number of urea groups is 1. The molecule has 0 spiro atoms. The van der Waals surface area contributed by atoms with Gasteiger partial charge in [-0.25, -0.2) is 4.79 Å². The Bertz CT molecular complexity index is 496.